The highest BCUT2D eigenvalue weighted by atomic mass is 16.7. The average Bonchev–Trinajstić information content (AvgIpc) is 2.95. The molecule has 5 rings (SSSR count). The molecule has 15 heteroatoms. The lowest BCUT2D eigenvalue weighted by atomic mass is 9.95. The van der Waals surface area contributed by atoms with Crippen molar-refractivity contribution >= 4 is 5.78 Å². The van der Waals surface area contributed by atoms with Crippen molar-refractivity contribution in [3.05, 3.63) is 41.5 Å². The maximum absolute atomic E-state index is 12.8. The lowest BCUT2D eigenvalue weighted by Crippen LogP contribution is -2.61. The molecule has 0 saturated carbocycles. The number of hydrogen-bond donors (Lipinski definition) is 9. The van der Waals surface area contributed by atoms with Gasteiger partial charge in [0.2, 0.25) is 6.29 Å². The first-order valence-corrected chi connectivity index (χ1v) is 13.1. The summed E-state index contributed by atoms with van der Waals surface area (Å²) in [5, 5.41) is 91.3. The summed E-state index contributed by atoms with van der Waals surface area (Å²) in [6.45, 7) is 0.949. The molecule has 230 valence electrons. The van der Waals surface area contributed by atoms with Crippen molar-refractivity contribution in [2.24, 2.45) is 0 Å². The van der Waals surface area contributed by atoms with Gasteiger partial charge in [-0.15, -0.1) is 0 Å². The predicted molar refractivity (Wildman–Crippen MR) is 136 cm³/mol. The molecule has 2 aromatic rings. The van der Waals surface area contributed by atoms with E-state index < -0.39 is 91.4 Å². The van der Waals surface area contributed by atoms with Gasteiger partial charge in [0, 0.05) is 12.1 Å². The van der Waals surface area contributed by atoms with E-state index in [4.69, 9.17) is 23.7 Å². The summed E-state index contributed by atoms with van der Waals surface area (Å²) in [5.74, 6) is -1.96. The van der Waals surface area contributed by atoms with Crippen LogP contribution in [0.25, 0.3) is 0 Å². The van der Waals surface area contributed by atoms with Crippen LogP contribution in [0, 0.1) is 0 Å². The Balaban J connectivity index is 1.30. The molecule has 11 atom stereocenters. The zero-order valence-electron chi connectivity index (χ0n) is 22.1. The number of ether oxygens (including phenoxy) is 5. The summed E-state index contributed by atoms with van der Waals surface area (Å²) in [5.41, 5.74) is 0.255. The Hall–Kier alpha value is -3.25. The molecule has 3 aliphatic heterocycles. The third-order valence-corrected chi connectivity index (χ3v) is 7.50. The Morgan fingerprint density at radius 3 is 2.19 bits per heavy atom. The largest absolute Gasteiger partial charge is 0.507 e. The highest BCUT2D eigenvalue weighted by Gasteiger charge is 2.47. The standard InChI is InChI=1S/C27H32O15/c1-9-20(32)22(34)24(36)26(39-9)38-8-18-21(33)23(35)25(37)27(42-18)40-11-5-14(30)19-15(31)7-16(41-17(19)6-11)10-2-3-12(28)13(29)4-10/h2-6,9,16,18,20-30,32-37H,7-8H2,1H3/t9-,16-,18-,20-,21+,22+,23+,24+,25+,26+,27+/m0/s1. The molecule has 0 bridgehead atoms. The zero-order valence-corrected chi connectivity index (χ0v) is 22.1. The van der Waals surface area contributed by atoms with Gasteiger partial charge in [0.1, 0.15) is 71.6 Å². The van der Waals surface area contributed by atoms with Crippen molar-refractivity contribution in [3.8, 4) is 28.7 Å². The average molecular weight is 597 g/mol. The van der Waals surface area contributed by atoms with E-state index in [1.165, 1.54) is 31.2 Å². The summed E-state index contributed by atoms with van der Waals surface area (Å²) in [6, 6.07) is 6.26. The Labute approximate surface area is 238 Å². The molecule has 2 aromatic carbocycles. The van der Waals surface area contributed by atoms with Crippen molar-refractivity contribution in [1.82, 2.24) is 0 Å². The van der Waals surface area contributed by atoms with Gasteiger partial charge < -0.3 is 69.6 Å². The molecule has 2 fully saturated rings. The highest BCUT2D eigenvalue weighted by molar-refractivity contribution is 6.02. The van der Waals surface area contributed by atoms with Gasteiger partial charge in [-0.05, 0) is 24.6 Å². The van der Waals surface area contributed by atoms with Gasteiger partial charge in [-0.3, -0.25) is 4.79 Å². The number of rotatable bonds is 6. The monoisotopic (exact) mass is 596 g/mol. The fraction of sp³-hybridized carbons (Fsp3) is 0.519. The van der Waals surface area contributed by atoms with Crippen molar-refractivity contribution in [1.29, 1.82) is 0 Å². The number of aromatic hydroxyl groups is 3. The van der Waals surface area contributed by atoms with E-state index in [9.17, 15) is 50.8 Å². The second-order valence-electron chi connectivity index (χ2n) is 10.4. The lowest BCUT2D eigenvalue weighted by molar-refractivity contribution is -0.318. The molecule has 0 amide bonds. The smallest absolute Gasteiger partial charge is 0.229 e. The molecule has 9 N–H and O–H groups in total. The lowest BCUT2D eigenvalue weighted by Gasteiger charge is -2.42. The van der Waals surface area contributed by atoms with Crippen LogP contribution < -0.4 is 9.47 Å². The van der Waals surface area contributed by atoms with E-state index in [-0.39, 0.29) is 29.2 Å². The van der Waals surface area contributed by atoms with E-state index in [1.807, 2.05) is 0 Å². The predicted octanol–water partition coefficient (Wildman–Crippen LogP) is -1.46. The Morgan fingerprint density at radius 1 is 0.786 bits per heavy atom. The number of hydrogen-bond acceptors (Lipinski definition) is 15. The Bertz CT molecular complexity index is 1300. The molecule has 3 heterocycles. The molecule has 42 heavy (non-hydrogen) atoms. The SMILES string of the molecule is C[C@@H]1O[C@@H](OC[C@@H]2O[C@@H](Oc3cc(O)c4c(c3)O[C@H](c3ccc(O)c(O)c3)CC4=O)[C@H](O)[C@H](O)[C@@H]2O)[C@H](O)[C@H](O)[C@H]1O. The summed E-state index contributed by atoms with van der Waals surface area (Å²) < 4.78 is 27.9. The molecule has 0 radical (unpaired) electrons. The van der Waals surface area contributed by atoms with E-state index in [2.05, 4.69) is 0 Å². The fourth-order valence-electron chi connectivity index (χ4n) is 5.04. The molecule has 3 aliphatic rings. The van der Waals surface area contributed by atoms with Gasteiger partial charge >= 0.3 is 0 Å². The van der Waals surface area contributed by atoms with Gasteiger partial charge in [-0.1, -0.05) is 6.07 Å². The number of benzene rings is 2. The second kappa shape index (κ2) is 11.8. The van der Waals surface area contributed by atoms with Crippen LogP contribution in [0.1, 0.15) is 35.4 Å². The van der Waals surface area contributed by atoms with Gasteiger partial charge in [0.15, 0.2) is 23.6 Å². The van der Waals surface area contributed by atoms with Crippen LogP contribution in [0.15, 0.2) is 30.3 Å². The number of aliphatic hydroxyl groups is 6. The zero-order chi connectivity index (χ0) is 30.5. The Morgan fingerprint density at radius 2 is 1.48 bits per heavy atom. The van der Waals surface area contributed by atoms with Crippen LogP contribution in [0.2, 0.25) is 0 Å². The first-order chi connectivity index (χ1) is 19.8. The molecular weight excluding hydrogens is 564 g/mol. The molecule has 15 nitrogen and oxygen atoms in total. The third-order valence-electron chi connectivity index (χ3n) is 7.50. The van der Waals surface area contributed by atoms with Crippen LogP contribution in [-0.4, -0.2) is 120 Å². The minimum atomic E-state index is -1.78. The van der Waals surface area contributed by atoms with Crippen molar-refractivity contribution in [2.45, 2.75) is 80.9 Å². The minimum absolute atomic E-state index is 0.0807. The number of carbonyl (C=O) groups is 1. The molecule has 0 aromatic heterocycles. The fourth-order valence-corrected chi connectivity index (χ4v) is 5.04. The number of phenols is 3. The van der Waals surface area contributed by atoms with Crippen LogP contribution in [0.5, 0.6) is 28.7 Å². The normalized spacial score (nSPS) is 36.6. The molecule has 0 spiro atoms. The van der Waals surface area contributed by atoms with Crippen molar-refractivity contribution < 1.29 is 74.4 Å². The van der Waals surface area contributed by atoms with Crippen LogP contribution in [-0.2, 0) is 14.2 Å². The van der Waals surface area contributed by atoms with E-state index in [0.29, 0.717) is 5.56 Å². The number of ketones is 1. The molecular formula is C27H32O15. The second-order valence-corrected chi connectivity index (χ2v) is 10.4. The van der Waals surface area contributed by atoms with Crippen molar-refractivity contribution in [2.75, 3.05) is 6.61 Å². The summed E-state index contributed by atoms with van der Waals surface area (Å²) in [7, 11) is 0. The van der Waals surface area contributed by atoms with Gasteiger partial charge in [0.25, 0.3) is 0 Å². The van der Waals surface area contributed by atoms with Crippen molar-refractivity contribution in [3.63, 3.8) is 0 Å². The first kappa shape index (κ1) is 30.2. The first-order valence-electron chi connectivity index (χ1n) is 13.1. The number of fused-ring (bicyclic) bond motifs is 1. The van der Waals surface area contributed by atoms with E-state index in [0.717, 1.165) is 6.07 Å². The topological polar surface area (TPSA) is 245 Å². The number of Topliss-reactive ketones (excluding diaryl/α,β-unsaturated/α-hetero) is 1. The number of aliphatic hydroxyl groups excluding tert-OH is 6. The Kier molecular flexibility index (Phi) is 8.48. The van der Waals surface area contributed by atoms with Crippen LogP contribution in [0.4, 0.5) is 0 Å². The molecule has 0 unspecified atom stereocenters. The number of phenolic OH excluding ortho intramolecular Hbond substituents is 3. The van der Waals surface area contributed by atoms with Crippen LogP contribution >= 0.6 is 0 Å². The maximum Gasteiger partial charge on any atom is 0.229 e. The molecule has 2 saturated heterocycles. The quantitative estimate of drug-likeness (QED) is 0.173. The summed E-state index contributed by atoms with van der Waals surface area (Å²) in [4.78, 5) is 12.8. The molecule has 0 aliphatic carbocycles. The summed E-state index contributed by atoms with van der Waals surface area (Å²) in [6.07, 6.45) is -16.1. The van der Waals surface area contributed by atoms with E-state index in [1.54, 1.807) is 0 Å². The number of carbonyl (C=O) groups excluding carboxylic acids is 1. The summed E-state index contributed by atoms with van der Waals surface area (Å²) >= 11 is 0. The van der Waals surface area contributed by atoms with Crippen LogP contribution in [0.3, 0.4) is 0 Å². The third kappa shape index (κ3) is 5.70. The van der Waals surface area contributed by atoms with E-state index >= 15 is 0 Å². The maximum atomic E-state index is 12.8. The van der Waals surface area contributed by atoms with Gasteiger partial charge in [-0.25, -0.2) is 0 Å². The van der Waals surface area contributed by atoms with Gasteiger partial charge in [0.05, 0.1) is 19.1 Å². The highest BCUT2D eigenvalue weighted by Crippen LogP contribution is 2.43. The minimum Gasteiger partial charge on any atom is -0.507 e. The van der Waals surface area contributed by atoms with Gasteiger partial charge in [-0.2, -0.15) is 0 Å².